The smallest absolute Gasteiger partial charge is 0.257 e. The molecule has 0 spiro atoms. The van der Waals surface area contributed by atoms with E-state index in [1.807, 2.05) is 24.3 Å². The molecule has 1 aliphatic carbocycles. The maximum Gasteiger partial charge on any atom is 0.257 e. The van der Waals surface area contributed by atoms with Gasteiger partial charge in [0.15, 0.2) is 0 Å². The Kier molecular flexibility index (Phi) is 5.08. The quantitative estimate of drug-likeness (QED) is 0.800. The van der Waals surface area contributed by atoms with Crippen LogP contribution in [-0.2, 0) is 6.42 Å². The van der Waals surface area contributed by atoms with E-state index >= 15 is 0 Å². The Labute approximate surface area is 145 Å². The summed E-state index contributed by atoms with van der Waals surface area (Å²) in [6.45, 7) is 6.32. The number of anilines is 1. The number of rotatable bonds is 4. The summed E-state index contributed by atoms with van der Waals surface area (Å²) in [6, 6.07) is 10.7. The molecule has 1 saturated carbocycles. The van der Waals surface area contributed by atoms with Gasteiger partial charge in [-0.1, -0.05) is 44.4 Å². The zero-order valence-electron chi connectivity index (χ0n) is 15.1. The summed E-state index contributed by atoms with van der Waals surface area (Å²) in [5.41, 5.74) is 5.21. The molecule has 1 fully saturated rings. The number of hydrogen-bond donors (Lipinski definition) is 1. The minimum Gasteiger partial charge on any atom is -0.345 e. The Morgan fingerprint density at radius 3 is 2.58 bits per heavy atom. The molecule has 1 aliphatic rings. The molecule has 0 radical (unpaired) electrons. The Hall–Kier alpha value is -2.03. The lowest BCUT2D eigenvalue weighted by Crippen LogP contribution is -2.17. The Morgan fingerprint density at radius 2 is 1.88 bits per heavy atom. The Balaban J connectivity index is 1.85. The Morgan fingerprint density at radius 1 is 1.17 bits per heavy atom. The third kappa shape index (κ3) is 3.26. The van der Waals surface area contributed by atoms with Crippen molar-refractivity contribution >= 4 is 11.6 Å². The van der Waals surface area contributed by atoms with Crippen molar-refractivity contribution in [3.05, 3.63) is 52.8 Å². The number of hydrogen-bond acceptors (Lipinski definition) is 1. The summed E-state index contributed by atoms with van der Waals surface area (Å²) in [6.07, 6.45) is 7.32. The van der Waals surface area contributed by atoms with Crippen LogP contribution >= 0.6 is 0 Å². The SMILES string of the molecule is CCc1ccccc1NC(=O)c1cc(C)n(C2CCCCC2)c1C. The third-order valence-electron chi connectivity index (χ3n) is 5.32. The van der Waals surface area contributed by atoms with E-state index < -0.39 is 0 Å². The van der Waals surface area contributed by atoms with Gasteiger partial charge < -0.3 is 9.88 Å². The standard InChI is InChI=1S/C21H28N2O/c1-4-17-10-8-9-13-20(17)22-21(24)19-14-15(2)23(16(19)3)18-11-6-5-7-12-18/h8-10,13-14,18H,4-7,11-12H2,1-3H3,(H,22,24). The van der Waals surface area contributed by atoms with Gasteiger partial charge in [-0.15, -0.1) is 0 Å². The van der Waals surface area contributed by atoms with Crippen LogP contribution in [0.4, 0.5) is 5.69 Å². The van der Waals surface area contributed by atoms with Crippen LogP contribution in [0, 0.1) is 13.8 Å². The van der Waals surface area contributed by atoms with Crippen molar-refractivity contribution in [1.82, 2.24) is 4.57 Å². The van der Waals surface area contributed by atoms with Crippen molar-refractivity contribution < 1.29 is 4.79 Å². The van der Waals surface area contributed by atoms with E-state index in [2.05, 4.69) is 36.7 Å². The number of benzene rings is 1. The Bertz CT molecular complexity index is 723. The lowest BCUT2D eigenvalue weighted by Gasteiger charge is -2.26. The second-order valence-corrected chi connectivity index (χ2v) is 6.91. The summed E-state index contributed by atoms with van der Waals surface area (Å²) in [5, 5.41) is 3.11. The molecule has 1 aromatic carbocycles. The number of nitrogens with zero attached hydrogens (tertiary/aromatic N) is 1. The average Bonchev–Trinajstić information content (AvgIpc) is 2.90. The zero-order valence-corrected chi connectivity index (χ0v) is 15.1. The number of aromatic nitrogens is 1. The average molecular weight is 324 g/mol. The second kappa shape index (κ2) is 7.25. The van der Waals surface area contributed by atoms with Crippen molar-refractivity contribution in [1.29, 1.82) is 0 Å². The van der Waals surface area contributed by atoms with E-state index in [1.165, 1.54) is 43.4 Å². The minimum atomic E-state index is 0.00561. The highest BCUT2D eigenvalue weighted by Crippen LogP contribution is 2.32. The van der Waals surface area contributed by atoms with Crippen LogP contribution in [0.2, 0.25) is 0 Å². The maximum absolute atomic E-state index is 12.8. The highest BCUT2D eigenvalue weighted by atomic mass is 16.1. The molecule has 3 heteroatoms. The number of nitrogens with one attached hydrogen (secondary N) is 1. The first-order chi connectivity index (χ1) is 11.6. The molecule has 0 saturated heterocycles. The van der Waals surface area contributed by atoms with Crippen molar-refractivity contribution in [2.75, 3.05) is 5.32 Å². The molecule has 1 heterocycles. The van der Waals surface area contributed by atoms with Crippen molar-refractivity contribution in [2.45, 2.75) is 65.3 Å². The van der Waals surface area contributed by atoms with E-state index in [-0.39, 0.29) is 5.91 Å². The normalized spacial score (nSPS) is 15.5. The van der Waals surface area contributed by atoms with Gasteiger partial charge in [-0.2, -0.15) is 0 Å². The largest absolute Gasteiger partial charge is 0.345 e. The van der Waals surface area contributed by atoms with Crippen LogP contribution in [0.25, 0.3) is 0 Å². The van der Waals surface area contributed by atoms with Gasteiger partial charge in [0.1, 0.15) is 0 Å². The molecule has 0 aliphatic heterocycles. The number of carbonyl (C=O) groups excluding carboxylic acids is 1. The number of carbonyl (C=O) groups is 1. The third-order valence-corrected chi connectivity index (χ3v) is 5.32. The topological polar surface area (TPSA) is 34.0 Å². The van der Waals surface area contributed by atoms with Crippen LogP contribution in [0.15, 0.2) is 30.3 Å². The molecule has 3 nitrogen and oxygen atoms in total. The van der Waals surface area contributed by atoms with Crippen LogP contribution in [-0.4, -0.2) is 10.5 Å². The summed E-state index contributed by atoms with van der Waals surface area (Å²) in [5.74, 6) is 0.00561. The van der Waals surface area contributed by atoms with Crippen LogP contribution in [0.1, 0.15) is 72.4 Å². The molecule has 1 N–H and O–H groups in total. The van der Waals surface area contributed by atoms with Crippen molar-refractivity contribution in [3.8, 4) is 0 Å². The first kappa shape index (κ1) is 16.8. The molecule has 1 aromatic heterocycles. The lowest BCUT2D eigenvalue weighted by molar-refractivity contribution is 0.102. The van der Waals surface area contributed by atoms with E-state index in [0.29, 0.717) is 6.04 Å². The van der Waals surface area contributed by atoms with Crippen LogP contribution < -0.4 is 5.32 Å². The molecular weight excluding hydrogens is 296 g/mol. The molecule has 128 valence electrons. The number of amides is 1. The summed E-state index contributed by atoms with van der Waals surface area (Å²) >= 11 is 0. The summed E-state index contributed by atoms with van der Waals surface area (Å²) in [7, 11) is 0. The molecule has 24 heavy (non-hydrogen) atoms. The molecule has 0 atom stereocenters. The predicted octanol–water partition coefficient (Wildman–Crippen LogP) is 5.42. The lowest BCUT2D eigenvalue weighted by atomic mass is 9.95. The molecule has 3 rings (SSSR count). The predicted molar refractivity (Wildman–Crippen MR) is 99.8 cm³/mol. The maximum atomic E-state index is 12.8. The highest BCUT2D eigenvalue weighted by Gasteiger charge is 2.22. The highest BCUT2D eigenvalue weighted by molar-refractivity contribution is 6.05. The summed E-state index contributed by atoms with van der Waals surface area (Å²) in [4.78, 5) is 12.8. The van der Waals surface area contributed by atoms with Gasteiger partial charge in [-0.3, -0.25) is 4.79 Å². The van der Waals surface area contributed by atoms with Crippen molar-refractivity contribution in [2.24, 2.45) is 0 Å². The van der Waals surface area contributed by atoms with E-state index in [0.717, 1.165) is 23.4 Å². The fourth-order valence-electron chi connectivity index (χ4n) is 4.05. The second-order valence-electron chi connectivity index (χ2n) is 6.91. The zero-order chi connectivity index (χ0) is 17.1. The van der Waals surface area contributed by atoms with Gasteiger partial charge in [-0.05, 0) is 50.8 Å². The van der Waals surface area contributed by atoms with Crippen LogP contribution in [0.5, 0.6) is 0 Å². The number of aryl methyl sites for hydroxylation is 2. The van der Waals surface area contributed by atoms with E-state index in [4.69, 9.17) is 0 Å². The monoisotopic (exact) mass is 324 g/mol. The molecule has 0 unspecified atom stereocenters. The van der Waals surface area contributed by atoms with Gasteiger partial charge in [0.2, 0.25) is 0 Å². The van der Waals surface area contributed by atoms with Gasteiger partial charge >= 0.3 is 0 Å². The van der Waals surface area contributed by atoms with Crippen molar-refractivity contribution in [3.63, 3.8) is 0 Å². The fraction of sp³-hybridized carbons (Fsp3) is 0.476. The molecule has 0 bridgehead atoms. The van der Waals surface area contributed by atoms with E-state index in [9.17, 15) is 4.79 Å². The van der Waals surface area contributed by atoms with Gasteiger partial charge in [0.25, 0.3) is 5.91 Å². The van der Waals surface area contributed by atoms with E-state index in [1.54, 1.807) is 0 Å². The van der Waals surface area contributed by atoms with Gasteiger partial charge in [-0.25, -0.2) is 0 Å². The first-order valence-corrected chi connectivity index (χ1v) is 9.19. The summed E-state index contributed by atoms with van der Waals surface area (Å²) < 4.78 is 2.39. The fourth-order valence-corrected chi connectivity index (χ4v) is 4.05. The first-order valence-electron chi connectivity index (χ1n) is 9.19. The molecule has 2 aromatic rings. The van der Waals surface area contributed by atoms with Crippen LogP contribution in [0.3, 0.4) is 0 Å². The number of para-hydroxylation sites is 1. The minimum absolute atomic E-state index is 0.00561. The molecular formula is C21H28N2O. The molecule has 1 amide bonds. The van der Waals surface area contributed by atoms with Gasteiger partial charge in [0, 0.05) is 23.1 Å². The van der Waals surface area contributed by atoms with Gasteiger partial charge in [0.05, 0.1) is 5.56 Å².